The predicted molar refractivity (Wildman–Crippen MR) is 103 cm³/mol. The molecule has 0 aliphatic carbocycles. The number of fused-ring (bicyclic) bond motifs is 2. The largest absolute Gasteiger partial charge is 0.486 e. The number of nitrogens with zero attached hydrogens (tertiary/aromatic N) is 1. The highest BCUT2D eigenvalue weighted by atomic mass is 16.6. The van der Waals surface area contributed by atoms with E-state index in [1.165, 1.54) is 0 Å². The van der Waals surface area contributed by atoms with Crippen molar-refractivity contribution in [3.05, 3.63) is 66.7 Å². The van der Waals surface area contributed by atoms with E-state index >= 15 is 0 Å². The van der Waals surface area contributed by atoms with Gasteiger partial charge in [0, 0.05) is 7.05 Å². The van der Waals surface area contributed by atoms with Crippen LogP contribution in [0.15, 0.2) is 66.7 Å². The van der Waals surface area contributed by atoms with Gasteiger partial charge in [-0.15, -0.1) is 0 Å². The molecular formula is C22H21NO4. The highest BCUT2D eigenvalue weighted by molar-refractivity contribution is 5.84. The number of amides is 1. The fraction of sp³-hybridized carbons (Fsp3) is 0.227. The topological polar surface area (TPSA) is 48.0 Å². The molecule has 0 radical (unpaired) electrons. The fourth-order valence-corrected chi connectivity index (χ4v) is 3.07. The van der Waals surface area contributed by atoms with Gasteiger partial charge in [-0.05, 0) is 35.0 Å². The van der Waals surface area contributed by atoms with E-state index in [0.29, 0.717) is 24.7 Å². The van der Waals surface area contributed by atoms with Gasteiger partial charge >= 0.3 is 0 Å². The number of para-hydroxylation sites is 2. The van der Waals surface area contributed by atoms with Crippen LogP contribution in [0.4, 0.5) is 0 Å². The zero-order valence-corrected chi connectivity index (χ0v) is 15.1. The number of benzene rings is 3. The summed E-state index contributed by atoms with van der Waals surface area (Å²) in [4.78, 5) is 14.0. The molecule has 0 bridgehead atoms. The van der Waals surface area contributed by atoms with Crippen molar-refractivity contribution >= 4 is 16.7 Å². The number of carbonyl (C=O) groups excluding carboxylic acids is 1. The minimum absolute atomic E-state index is 0.0149. The van der Waals surface area contributed by atoms with Crippen molar-refractivity contribution in [1.29, 1.82) is 0 Å². The average Bonchev–Trinajstić information content (AvgIpc) is 2.71. The molecule has 138 valence electrons. The molecule has 1 atom stereocenters. The summed E-state index contributed by atoms with van der Waals surface area (Å²) in [5.41, 5.74) is 0. The lowest BCUT2D eigenvalue weighted by molar-refractivity contribution is -0.133. The van der Waals surface area contributed by atoms with E-state index < -0.39 is 0 Å². The Hall–Kier alpha value is -3.21. The third-order valence-corrected chi connectivity index (χ3v) is 4.55. The normalized spacial score (nSPS) is 15.4. The Balaban J connectivity index is 1.31. The Morgan fingerprint density at radius 1 is 1.04 bits per heavy atom. The van der Waals surface area contributed by atoms with E-state index in [4.69, 9.17) is 14.2 Å². The van der Waals surface area contributed by atoms with Crippen molar-refractivity contribution < 1.29 is 19.0 Å². The molecule has 0 spiro atoms. The molecule has 0 saturated carbocycles. The first-order valence-electron chi connectivity index (χ1n) is 8.93. The number of likely N-dealkylation sites (N-methyl/N-ethyl adjacent to an activating group) is 1. The molecule has 5 nitrogen and oxygen atoms in total. The van der Waals surface area contributed by atoms with Gasteiger partial charge in [0.1, 0.15) is 12.4 Å². The van der Waals surface area contributed by atoms with Gasteiger partial charge in [0.2, 0.25) is 0 Å². The van der Waals surface area contributed by atoms with Crippen LogP contribution < -0.4 is 14.2 Å². The fourth-order valence-electron chi connectivity index (χ4n) is 3.07. The van der Waals surface area contributed by atoms with E-state index in [1.807, 2.05) is 66.7 Å². The second-order valence-corrected chi connectivity index (χ2v) is 6.57. The Kier molecular flexibility index (Phi) is 4.83. The van der Waals surface area contributed by atoms with E-state index in [0.717, 1.165) is 16.5 Å². The second-order valence-electron chi connectivity index (χ2n) is 6.57. The van der Waals surface area contributed by atoms with Gasteiger partial charge in [-0.3, -0.25) is 4.79 Å². The SMILES string of the molecule is CN(CC1COc2ccccc2O1)C(=O)COc1ccc2ccccc2c1. The van der Waals surface area contributed by atoms with Crippen molar-refractivity contribution in [2.45, 2.75) is 6.10 Å². The summed E-state index contributed by atoms with van der Waals surface area (Å²) in [5.74, 6) is 2.02. The summed E-state index contributed by atoms with van der Waals surface area (Å²) in [6.07, 6.45) is -0.200. The highest BCUT2D eigenvalue weighted by Gasteiger charge is 2.23. The quantitative estimate of drug-likeness (QED) is 0.696. The number of hydrogen-bond donors (Lipinski definition) is 0. The van der Waals surface area contributed by atoms with Gasteiger partial charge in [-0.2, -0.15) is 0 Å². The number of ether oxygens (including phenoxy) is 3. The molecule has 27 heavy (non-hydrogen) atoms. The van der Waals surface area contributed by atoms with Crippen LogP contribution >= 0.6 is 0 Å². The smallest absolute Gasteiger partial charge is 0.260 e. The van der Waals surface area contributed by atoms with Gasteiger partial charge in [-0.1, -0.05) is 42.5 Å². The lowest BCUT2D eigenvalue weighted by Gasteiger charge is -2.29. The van der Waals surface area contributed by atoms with Crippen LogP contribution in [0.3, 0.4) is 0 Å². The first-order valence-corrected chi connectivity index (χ1v) is 8.93. The van der Waals surface area contributed by atoms with Gasteiger partial charge in [0.25, 0.3) is 5.91 Å². The molecule has 0 fully saturated rings. The highest BCUT2D eigenvalue weighted by Crippen LogP contribution is 2.31. The zero-order chi connectivity index (χ0) is 18.6. The summed E-state index contributed by atoms with van der Waals surface area (Å²) in [7, 11) is 1.75. The third kappa shape index (κ3) is 3.97. The zero-order valence-electron chi connectivity index (χ0n) is 15.1. The van der Waals surface area contributed by atoms with Crippen molar-refractivity contribution in [2.75, 3.05) is 26.8 Å². The minimum atomic E-state index is -0.200. The molecule has 5 heteroatoms. The molecule has 1 amide bonds. The van der Waals surface area contributed by atoms with Gasteiger partial charge in [-0.25, -0.2) is 0 Å². The Labute approximate surface area is 158 Å². The maximum Gasteiger partial charge on any atom is 0.260 e. The number of hydrogen-bond acceptors (Lipinski definition) is 4. The average molecular weight is 363 g/mol. The Bertz CT molecular complexity index is 956. The van der Waals surface area contributed by atoms with Crippen LogP contribution in [-0.2, 0) is 4.79 Å². The maximum atomic E-state index is 12.4. The predicted octanol–water partition coefficient (Wildman–Crippen LogP) is 3.52. The lowest BCUT2D eigenvalue weighted by atomic mass is 10.1. The third-order valence-electron chi connectivity index (χ3n) is 4.55. The van der Waals surface area contributed by atoms with Crippen LogP contribution in [0.5, 0.6) is 17.2 Å². The van der Waals surface area contributed by atoms with Gasteiger partial charge in [0.15, 0.2) is 24.2 Å². The number of carbonyl (C=O) groups is 1. The van der Waals surface area contributed by atoms with Crippen molar-refractivity contribution in [1.82, 2.24) is 4.90 Å². The van der Waals surface area contributed by atoms with Gasteiger partial charge in [0.05, 0.1) is 6.54 Å². The molecule has 4 rings (SSSR count). The first kappa shape index (κ1) is 17.2. The molecular weight excluding hydrogens is 342 g/mol. The molecule has 1 unspecified atom stereocenters. The molecule has 1 aliphatic heterocycles. The maximum absolute atomic E-state index is 12.4. The van der Waals surface area contributed by atoms with E-state index in [1.54, 1.807) is 11.9 Å². The molecule has 3 aromatic carbocycles. The summed E-state index contributed by atoms with van der Waals surface area (Å²) in [5, 5.41) is 2.23. The van der Waals surface area contributed by atoms with Crippen molar-refractivity contribution in [3.8, 4) is 17.2 Å². The summed E-state index contributed by atoms with van der Waals surface area (Å²) in [6, 6.07) is 21.4. The van der Waals surface area contributed by atoms with Crippen LogP contribution in [0.2, 0.25) is 0 Å². The van der Waals surface area contributed by atoms with Crippen LogP contribution in [0.1, 0.15) is 0 Å². The summed E-state index contributed by atoms with van der Waals surface area (Å²) in [6.45, 7) is 0.841. The van der Waals surface area contributed by atoms with Crippen molar-refractivity contribution in [2.24, 2.45) is 0 Å². The first-order chi connectivity index (χ1) is 13.2. The van der Waals surface area contributed by atoms with E-state index in [2.05, 4.69) is 0 Å². The monoisotopic (exact) mass is 363 g/mol. The van der Waals surface area contributed by atoms with Crippen LogP contribution in [0, 0.1) is 0 Å². The molecule has 1 aliphatic rings. The van der Waals surface area contributed by atoms with E-state index in [-0.39, 0.29) is 18.6 Å². The molecule has 1 heterocycles. The van der Waals surface area contributed by atoms with Crippen LogP contribution in [0.25, 0.3) is 10.8 Å². The lowest BCUT2D eigenvalue weighted by Crippen LogP contribution is -2.43. The molecule has 0 saturated heterocycles. The molecule has 3 aromatic rings. The second kappa shape index (κ2) is 7.58. The number of rotatable bonds is 5. The van der Waals surface area contributed by atoms with Crippen LogP contribution in [-0.4, -0.2) is 43.7 Å². The molecule has 0 N–H and O–H groups in total. The summed E-state index contributed by atoms with van der Waals surface area (Å²) < 4.78 is 17.3. The van der Waals surface area contributed by atoms with Gasteiger partial charge < -0.3 is 19.1 Å². The van der Waals surface area contributed by atoms with Crippen molar-refractivity contribution in [3.63, 3.8) is 0 Å². The molecule has 0 aromatic heterocycles. The minimum Gasteiger partial charge on any atom is -0.486 e. The Morgan fingerprint density at radius 3 is 2.63 bits per heavy atom. The standard InChI is InChI=1S/C22H21NO4/c1-23(13-19-14-26-20-8-4-5-9-21(20)27-19)22(24)15-25-18-11-10-16-6-2-3-7-17(16)12-18/h2-12,19H,13-15H2,1H3. The summed E-state index contributed by atoms with van der Waals surface area (Å²) >= 11 is 0. The Morgan fingerprint density at radius 2 is 1.78 bits per heavy atom. The van der Waals surface area contributed by atoms with E-state index in [9.17, 15) is 4.79 Å².